The number of nitrogens with two attached hydrogens (primary N) is 1. The third-order valence-electron chi connectivity index (χ3n) is 5.17. The molecule has 0 aliphatic carbocycles. The van der Waals surface area contributed by atoms with Gasteiger partial charge in [-0.05, 0) is 32.0 Å². The first-order valence-electron chi connectivity index (χ1n) is 9.27. The van der Waals surface area contributed by atoms with Crippen LogP contribution in [0.15, 0.2) is 18.3 Å². The smallest absolute Gasteiger partial charge is 0.220 e. The Kier molecular flexibility index (Phi) is 5.14. The molecule has 0 saturated carbocycles. The number of pyridine rings is 1. The number of fused-ring (bicyclic) bond motifs is 1. The number of hydrogen-bond acceptors (Lipinski definition) is 7. The molecule has 4 rings (SSSR count). The topological polar surface area (TPSA) is 95.2 Å². The average Bonchev–Trinajstić information content (AvgIpc) is 2.74. The van der Waals surface area contributed by atoms with Gasteiger partial charge in [0.25, 0.3) is 0 Å². The summed E-state index contributed by atoms with van der Waals surface area (Å²) in [5.41, 5.74) is 6.86. The highest BCUT2D eigenvalue weighted by Crippen LogP contribution is 2.39. The van der Waals surface area contributed by atoms with Gasteiger partial charge in [-0.15, -0.1) is 0 Å². The molecule has 0 atom stereocenters. The summed E-state index contributed by atoms with van der Waals surface area (Å²) >= 11 is 0. The summed E-state index contributed by atoms with van der Waals surface area (Å²) in [4.78, 5) is 13.0. The van der Waals surface area contributed by atoms with E-state index in [1.807, 2.05) is 0 Å². The molecule has 9 heteroatoms. The van der Waals surface area contributed by atoms with Gasteiger partial charge in [0.05, 0.1) is 36.7 Å². The Balaban J connectivity index is 1.99. The molecule has 1 saturated heterocycles. The van der Waals surface area contributed by atoms with Crippen LogP contribution in [-0.2, 0) is 0 Å². The van der Waals surface area contributed by atoms with Gasteiger partial charge in [0.15, 0.2) is 23.1 Å². The van der Waals surface area contributed by atoms with E-state index in [1.54, 1.807) is 12.3 Å². The third kappa shape index (κ3) is 3.42. The first kappa shape index (κ1) is 19.3. The third-order valence-corrected chi connectivity index (χ3v) is 5.17. The Morgan fingerprint density at radius 3 is 2.31 bits per heavy atom. The molecule has 1 aliphatic rings. The summed E-state index contributed by atoms with van der Waals surface area (Å²) < 4.78 is 40.2. The summed E-state index contributed by atoms with van der Waals surface area (Å²) in [6.45, 7) is 1.66. The van der Waals surface area contributed by atoms with E-state index >= 15 is 8.78 Å². The minimum atomic E-state index is -0.842. The molecule has 7 nitrogen and oxygen atoms in total. The fraction of sp³-hybridized carbons (Fsp3) is 0.350. The van der Waals surface area contributed by atoms with Crippen molar-refractivity contribution in [2.24, 2.45) is 0 Å². The Hall–Kier alpha value is -3.07. The molecule has 3 aromatic rings. The van der Waals surface area contributed by atoms with Crippen LogP contribution >= 0.6 is 0 Å². The first-order chi connectivity index (χ1) is 14.0. The minimum Gasteiger partial charge on any atom is -0.494 e. The summed E-state index contributed by atoms with van der Waals surface area (Å²) in [6, 6.07) is 2.73. The SMILES string of the molecule is COc1cc(OC)c(F)c(-c2cc3cnc(N)nc3c(C3CCNCC3)n2)c1F. The number of benzene rings is 1. The van der Waals surface area contributed by atoms with Crippen molar-refractivity contribution in [1.82, 2.24) is 20.3 Å². The highest BCUT2D eigenvalue weighted by molar-refractivity contribution is 5.85. The summed E-state index contributed by atoms with van der Waals surface area (Å²) in [7, 11) is 2.62. The lowest BCUT2D eigenvalue weighted by Gasteiger charge is -2.23. The molecule has 0 bridgehead atoms. The van der Waals surface area contributed by atoms with E-state index in [0.717, 1.165) is 25.9 Å². The van der Waals surface area contributed by atoms with Gasteiger partial charge in [0.2, 0.25) is 5.95 Å². The van der Waals surface area contributed by atoms with Gasteiger partial charge in [-0.2, -0.15) is 0 Å². The first-order valence-corrected chi connectivity index (χ1v) is 9.27. The predicted octanol–water partition coefficient (Wildman–Crippen LogP) is 3.04. The van der Waals surface area contributed by atoms with Gasteiger partial charge in [-0.1, -0.05) is 0 Å². The number of piperidine rings is 1. The number of aromatic nitrogens is 3. The molecule has 29 heavy (non-hydrogen) atoms. The van der Waals surface area contributed by atoms with Crippen LogP contribution in [0.5, 0.6) is 11.5 Å². The fourth-order valence-electron chi connectivity index (χ4n) is 3.70. The monoisotopic (exact) mass is 401 g/mol. The molecule has 1 aromatic carbocycles. The summed E-state index contributed by atoms with van der Waals surface area (Å²) in [5, 5.41) is 3.91. The zero-order valence-electron chi connectivity index (χ0n) is 16.1. The second-order valence-corrected chi connectivity index (χ2v) is 6.87. The van der Waals surface area contributed by atoms with Gasteiger partial charge in [-0.25, -0.2) is 18.7 Å². The van der Waals surface area contributed by atoms with E-state index in [0.29, 0.717) is 16.6 Å². The quantitative estimate of drug-likeness (QED) is 0.694. The average molecular weight is 401 g/mol. The number of rotatable bonds is 4. The van der Waals surface area contributed by atoms with Gasteiger partial charge in [0, 0.05) is 23.6 Å². The maximum absolute atomic E-state index is 15.1. The van der Waals surface area contributed by atoms with Crippen LogP contribution in [0.3, 0.4) is 0 Å². The summed E-state index contributed by atoms with van der Waals surface area (Å²) in [5.74, 6) is -1.72. The van der Waals surface area contributed by atoms with E-state index in [-0.39, 0.29) is 34.6 Å². The van der Waals surface area contributed by atoms with Crippen molar-refractivity contribution >= 4 is 16.9 Å². The maximum atomic E-state index is 15.1. The van der Waals surface area contributed by atoms with E-state index in [1.165, 1.54) is 20.3 Å². The molecule has 3 N–H and O–H groups in total. The lowest BCUT2D eigenvalue weighted by molar-refractivity contribution is 0.359. The van der Waals surface area contributed by atoms with Gasteiger partial charge in [-0.3, -0.25) is 4.98 Å². The van der Waals surface area contributed by atoms with E-state index < -0.39 is 11.6 Å². The van der Waals surface area contributed by atoms with Crippen LogP contribution < -0.4 is 20.5 Å². The van der Waals surface area contributed by atoms with E-state index in [9.17, 15) is 0 Å². The highest BCUT2D eigenvalue weighted by Gasteiger charge is 2.26. The van der Waals surface area contributed by atoms with E-state index in [2.05, 4.69) is 20.3 Å². The molecule has 0 spiro atoms. The van der Waals surface area contributed by atoms with Crippen LogP contribution in [0, 0.1) is 11.6 Å². The zero-order chi connectivity index (χ0) is 20.5. The van der Waals surface area contributed by atoms with Crippen LogP contribution in [0.1, 0.15) is 24.5 Å². The van der Waals surface area contributed by atoms with Crippen LogP contribution in [0.2, 0.25) is 0 Å². The molecule has 1 aliphatic heterocycles. The van der Waals surface area contributed by atoms with Crippen molar-refractivity contribution in [3.8, 4) is 22.8 Å². The Morgan fingerprint density at radius 2 is 1.69 bits per heavy atom. The highest BCUT2D eigenvalue weighted by atomic mass is 19.1. The van der Waals surface area contributed by atoms with Crippen LogP contribution in [0.4, 0.5) is 14.7 Å². The Bertz CT molecular complexity index is 1040. The molecule has 3 heterocycles. The molecule has 152 valence electrons. The van der Waals surface area contributed by atoms with Gasteiger partial charge < -0.3 is 20.5 Å². The van der Waals surface area contributed by atoms with Crippen LogP contribution in [0.25, 0.3) is 22.2 Å². The number of nitrogen functional groups attached to an aromatic ring is 1. The molecule has 1 fully saturated rings. The Labute approximate surface area is 166 Å². The number of anilines is 1. The number of halogens is 2. The largest absolute Gasteiger partial charge is 0.494 e. The van der Waals surface area contributed by atoms with E-state index in [4.69, 9.17) is 15.2 Å². The lowest BCUT2D eigenvalue weighted by atomic mass is 9.92. The van der Waals surface area contributed by atoms with Crippen molar-refractivity contribution in [1.29, 1.82) is 0 Å². The normalized spacial score (nSPS) is 14.9. The van der Waals surface area contributed by atoms with Gasteiger partial charge >= 0.3 is 0 Å². The molecule has 2 aromatic heterocycles. The lowest BCUT2D eigenvalue weighted by Crippen LogP contribution is -2.27. The van der Waals surface area contributed by atoms with Crippen molar-refractivity contribution < 1.29 is 18.3 Å². The molecular weight excluding hydrogens is 380 g/mol. The molecule has 0 radical (unpaired) electrons. The fourth-order valence-corrected chi connectivity index (χ4v) is 3.70. The van der Waals surface area contributed by atoms with Crippen molar-refractivity contribution in [2.45, 2.75) is 18.8 Å². The second kappa shape index (κ2) is 7.75. The maximum Gasteiger partial charge on any atom is 0.220 e. The molecular formula is C20H21F2N5O2. The molecule has 0 unspecified atom stereocenters. The predicted molar refractivity (Wildman–Crippen MR) is 105 cm³/mol. The minimum absolute atomic E-state index is 0.0895. The van der Waals surface area contributed by atoms with Crippen molar-refractivity contribution in [3.05, 3.63) is 35.7 Å². The number of nitrogens with one attached hydrogen (secondary N) is 1. The second-order valence-electron chi connectivity index (χ2n) is 6.87. The van der Waals surface area contributed by atoms with Crippen LogP contribution in [-0.4, -0.2) is 42.3 Å². The molecule has 0 amide bonds. The number of hydrogen-bond donors (Lipinski definition) is 2. The summed E-state index contributed by atoms with van der Waals surface area (Å²) in [6.07, 6.45) is 3.21. The number of methoxy groups -OCH3 is 2. The standard InChI is InChI=1S/C20H21F2N5O2/c1-28-13-8-14(29-2)17(22)15(16(13)21)12-7-11-9-25-20(23)27-19(11)18(26-12)10-3-5-24-6-4-10/h7-10,24H,3-6H2,1-2H3,(H2,23,25,27). The Morgan fingerprint density at radius 1 is 1.03 bits per heavy atom. The van der Waals surface area contributed by atoms with Gasteiger partial charge in [0.1, 0.15) is 0 Å². The van der Waals surface area contributed by atoms with Crippen molar-refractivity contribution in [2.75, 3.05) is 33.0 Å². The number of nitrogens with zero attached hydrogens (tertiary/aromatic N) is 3. The number of ether oxygens (including phenoxy) is 2. The zero-order valence-corrected chi connectivity index (χ0v) is 16.1. The van der Waals surface area contributed by atoms with Crippen molar-refractivity contribution in [3.63, 3.8) is 0 Å².